The van der Waals surface area contributed by atoms with Gasteiger partial charge in [0, 0.05) is 0 Å². The van der Waals surface area contributed by atoms with E-state index in [1.54, 1.807) is 48.5 Å². The number of carbonyl (C=O) groups is 2. The number of carbonyl (C=O) groups excluding carboxylic acids is 1. The molecule has 1 fully saturated rings. The number of carboxylic acid groups (broad SMARTS) is 1. The van der Waals surface area contributed by atoms with Gasteiger partial charge < -0.3 is 15.6 Å². The highest BCUT2D eigenvalue weighted by Crippen LogP contribution is 2.37. The smallest absolute Gasteiger partial charge is 0.408 e. The van der Waals surface area contributed by atoms with Gasteiger partial charge in [-0.2, -0.15) is 5.26 Å². The van der Waals surface area contributed by atoms with Crippen LogP contribution in [0.25, 0.3) is 0 Å². The molecule has 3 rings (SSSR count). The molecule has 0 aromatic heterocycles. The maximum absolute atomic E-state index is 11.5. The van der Waals surface area contributed by atoms with Crippen molar-refractivity contribution in [1.29, 1.82) is 5.26 Å². The van der Waals surface area contributed by atoms with Gasteiger partial charge in [-0.05, 0) is 42.7 Å². The summed E-state index contributed by atoms with van der Waals surface area (Å²) in [5.41, 5.74) is 6.50. The molecule has 1 aliphatic rings. The van der Waals surface area contributed by atoms with Crippen molar-refractivity contribution in [3.8, 4) is 17.6 Å². The molecule has 132 valence electrons. The summed E-state index contributed by atoms with van der Waals surface area (Å²) in [7, 11) is 0. The van der Waals surface area contributed by atoms with Crippen LogP contribution in [0.4, 0.5) is 4.79 Å². The van der Waals surface area contributed by atoms with Gasteiger partial charge in [0.25, 0.3) is 0 Å². The Labute approximate surface area is 150 Å². The zero-order valence-electron chi connectivity index (χ0n) is 13.8. The first kappa shape index (κ1) is 17.3. The van der Waals surface area contributed by atoms with E-state index in [1.807, 2.05) is 0 Å². The Hall–Kier alpha value is -3.53. The normalized spacial score (nSPS) is 19.0. The fourth-order valence-electron chi connectivity index (χ4n) is 3.22. The summed E-state index contributed by atoms with van der Waals surface area (Å²) < 4.78 is 5.73. The number of nitrogens with zero attached hydrogens (tertiary/aromatic N) is 2. The zero-order chi connectivity index (χ0) is 18.7. The monoisotopic (exact) mass is 351 g/mol. The highest BCUT2D eigenvalue weighted by atomic mass is 16.5. The van der Waals surface area contributed by atoms with Crippen LogP contribution in [0.5, 0.6) is 11.5 Å². The van der Waals surface area contributed by atoms with Crippen LogP contribution in [0.1, 0.15) is 30.0 Å². The lowest BCUT2D eigenvalue weighted by Crippen LogP contribution is -2.44. The molecule has 2 amide bonds. The van der Waals surface area contributed by atoms with Gasteiger partial charge in [0.1, 0.15) is 23.6 Å². The summed E-state index contributed by atoms with van der Waals surface area (Å²) in [5, 5.41) is 18.5. The third kappa shape index (κ3) is 3.30. The van der Waals surface area contributed by atoms with Crippen molar-refractivity contribution in [3.05, 3.63) is 59.7 Å². The predicted octanol–water partition coefficient (Wildman–Crippen LogP) is 3.02. The number of rotatable bonds is 4. The Kier molecular flexibility index (Phi) is 4.76. The van der Waals surface area contributed by atoms with Crippen molar-refractivity contribution in [1.82, 2.24) is 4.90 Å². The molecule has 0 saturated carbocycles. The molecule has 0 bridgehead atoms. The summed E-state index contributed by atoms with van der Waals surface area (Å²) in [5.74, 6) is 0.343. The Morgan fingerprint density at radius 3 is 2.46 bits per heavy atom. The summed E-state index contributed by atoms with van der Waals surface area (Å²) >= 11 is 0. The lowest BCUT2D eigenvalue weighted by molar-refractivity contribution is -0.122. The van der Waals surface area contributed by atoms with Crippen LogP contribution in [-0.2, 0) is 4.79 Å². The van der Waals surface area contributed by atoms with Gasteiger partial charge in [-0.3, -0.25) is 9.69 Å². The van der Waals surface area contributed by atoms with E-state index < -0.39 is 24.1 Å². The number of amides is 2. The number of hydrogen-bond acceptors (Lipinski definition) is 4. The van der Waals surface area contributed by atoms with Crippen LogP contribution in [-0.4, -0.2) is 28.0 Å². The third-order valence-corrected chi connectivity index (χ3v) is 4.43. The number of nitrogens with two attached hydrogens (primary N) is 1. The molecule has 2 aromatic carbocycles. The van der Waals surface area contributed by atoms with Crippen molar-refractivity contribution >= 4 is 12.0 Å². The highest BCUT2D eigenvalue weighted by Gasteiger charge is 2.40. The zero-order valence-corrected chi connectivity index (χ0v) is 13.8. The lowest BCUT2D eigenvalue weighted by Gasteiger charge is -2.26. The molecule has 7 nitrogen and oxygen atoms in total. The first-order valence-corrected chi connectivity index (χ1v) is 8.08. The molecule has 3 N–H and O–H groups in total. The minimum atomic E-state index is -1.17. The van der Waals surface area contributed by atoms with E-state index in [4.69, 9.17) is 15.7 Å². The first-order chi connectivity index (χ1) is 12.5. The molecule has 0 unspecified atom stereocenters. The van der Waals surface area contributed by atoms with Gasteiger partial charge in [0.2, 0.25) is 5.91 Å². The van der Waals surface area contributed by atoms with Crippen molar-refractivity contribution in [3.63, 3.8) is 0 Å². The number of benzene rings is 2. The standard InChI is InChI=1S/C19H17N3O4/c20-11-13-3-1-2-4-17(13)26-14-7-5-12(6-8-14)15-9-10-16(18(21)23)22(15)19(24)25/h1-8,15-16H,9-10H2,(H2,21,23)(H,24,25)/t15-,16+/m1/s1. The van der Waals surface area contributed by atoms with E-state index in [1.165, 1.54) is 0 Å². The molecule has 26 heavy (non-hydrogen) atoms. The van der Waals surface area contributed by atoms with Gasteiger partial charge in [0.15, 0.2) is 0 Å². The van der Waals surface area contributed by atoms with Crippen LogP contribution in [0.2, 0.25) is 0 Å². The number of para-hydroxylation sites is 1. The minimum Gasteiger partial charge on any atom is -0.465 e. The first-order valence-electron chi connectivity index (χ1n) is 8.08. The number of likely N-dealkylation sites (tertiary alicyclic amines) is 1. The molecule has 2 aromatic rings. The van der Waals surface area contributed by atoms with Gasteiger partial charge in [-0.15, -0.1) is 0 Å². The van der Waals surface area contributed by atoms with E-state index in [0.29, 0.717) is 29.9 Å². The second-order valence-electron chi connectivity index (χ2n) is 5.98. The largest absolute Gasteiger partial charge is 0.465 e. The quantitative estimate of drug-likeness (QED) is 0.878. The molecular formula is C19H17N3O4. The molecule has 1 heterocycles. The van der Waals surface area contributed by atoms with E-state index in [2.05, 4.69) is 6.07 Å². The highest BCUT2D eigenvalue weighted by molar-refractivity contribution is 5.84. The van der Waals surface area contributed by atoms with Gasteiger partial charge >= 0.3 is 6.09 Å². The molecule has 0 spiro atoms. The van der Waals surface area contributed by atoms with Crippen molar-refractivity contribution < 1.29 is 19.4 Å². The average Bonchev–Trinajstić information content (AvgIpc) is 3.08. The topological polar surface area (TPSA) is 117 Å². The fraction of sp³-hybridized carbons (Fsp3) is 0.211. The SMILES string of the molecule is N#Cc1ccccc1Oc1ccc([C@H]2CC[C@@H](C(N)=O)N2C(=O)O)cc1. The Morgan fingerprint density at radius 1 is 1.15 bits per heavy atom. The third-order valence-electron chi connectivity index (χ3n) is 4.43. The Morgan fingerprint density at radius 2 is 1.85 bits per heavy atom. The van der Waals surface area contributed by atoms with Crippen LogP contribution in [0, 0.1) is 11.3 Å². The molecule has 7 heteroatoms. The molecule has 0 aliphatic carbocycles. The van der Waals surface area contributed by atoms with Crippen LogP contribution >= 0.6 is 0 Å². The van der Waals surface area contributed by atoms with Crippen molar-refractivity contribution in [2.75, 3.05) is 0 Å². The van der Waals surface area contributed by atoms with Gasteiger partial charge in [0.05, 0.1) is 11.6 Å². The number of ether oxygens (including phenoxy) is 1. The molecule has 0 radical (unpaired) electrons. The summed E-state index contributed by atoms with van der Waals surface area (Å²) in [6, 6.07) is 14.7. The van der Waals surface area contributed by atoms with E-state index in [-0.39, 0.29) is 0 Å². The second-order valence-corrected chi connectivity index (χ2v) is 5.98. The maximum atomic E-state index is 11.5. The van der Waals surface area contributed by atoms with Crippen molar-refractivity contribution in [2.45, 2.75) is 24.9 Å². The number of primary amides is 1. The van der Waals surface area contributed by atoms with Crippen LogP contribution < -0.4 is 10.5 Å². The Bertz CT molecular complexity index is 873. The van der Waals surface area contributed by atoms with Crippen molar-refractivity contribution in [2.24, 2.45) is 5.73 Å². The number of hydrogen-bond donors (Lipinski definition) is 2. The molecule has 2 atom stereocenters. The van der Waals surface area contributed by atoms with Crippen LogP contribution in [0.15, 0.2) is 48.5 Å². The fourth-order valence-corrected chi connectivity index (χ4v) is 3.22. The predicted molar refractivity (Wildman–Crippen MR) is 92.5 cm³/mol. The van der Waals surface area contributed by atoms with Gasteiger partial charge in [-0.1, -0.05) is 24.3 Å². The Balaban J connectivity index is 1.80. The number of nitriles is 1. The second kappa shape index (κ2) is 7.15. The molecule has 1 aliphatic heterocycles. The van der Waals surface area contributed by atoms with Gasteiger partial charge in [-0.25, -0.2) is 4.79 Å². The summed E-state index contributed by atoms with van der Waals surface area (Å²) in [4.78, 5) is 24.1. The lowest BCUT2D eigenvalue weighted by atomic mass is 10.0. The van der Waals surface area contributed by atoms with E-state index in [9.17, 15) is 14.7 Å². The average molecular weight is 351 g/mol. The summed E-state index contributed by atoms with van der Waals surface area (Å²) in [6.07, 6.45) is -0.239. The van der Waals surface area contributed by atoms with E-state index in [0.717, 1.165) is 10.5 Å². The summed E-state index contributed by atoms with van der Waals surface area (Å²) in [6.45, 7) is 0. The minimum absolute atomic E-state index is 0.403. The molecular weight excluding hydrogens is 334 g/mol. The molecule has 1 saturated heterocycles. The van der Waals surface area contributed by atoms with E-state index >= 15 is 0 Å². The maximum Gasteiger partial charge on any atom is 0.408 e. The van der Waals surface area contributed by atoms with Crippen LogP contribution in [0.3, 0.4) is 0 Å².